The lowest BCUT2D eigenvalue weighted by Gasteiger charge is -2.07. The van der Waals surface area contributed by atoms with E-state index in [4.69, 9.17) is 5.11 Å². The van der Waals surface area contributed by atoms with Gasteiger partial charge in [0.05, 0.1) is 23.2 Å². The molecule has 0 atom stereocenters. The zero-order valence-corrected chi connectivity index (χ0v) is 13.6. The molecule has 0 amide bonds. The summed E-state index contributed by atoms with van der Waals surface area (Å²) in [5.41, 5.74) is 5.46. The van der Waals surface area contributed by atoms with E-state index in [0.29, 0.717) is 0 Å². The first-order chi connectivity index (χ1) is 11.5. The lowest BCUT2D eigenvalue weighted by atomic mass is 10.1. The van der Waals surface area contributed by atoms with E-state index in [1.54, 1.807) is 24.3 Å². The first kappa shape index (κ1) is 15.7. The predicted molar refractivity (Wildman–Crippen MR) is 95.9 cm³/mol. The minimum absolute atomic E-state index is 0.274. The normalized spacial score (nSPS) is 11.1. The van der Waals surface area contributed by atoms with Crippen LogP contribution in [0.1, 0.15) is 27.2 Å². The van der Waals surface area contributed by atoms with Crippen molar-refractivity contribution in [3.05, 3.63) is 83.2 Å². The molecule has 0 aliphatic rings. The number of hydrogen-bond donors (Lipinski definition) is 1. The minimum atomic E-state index is -0.925. The Labute approximate surface area is 140 Å². The summed E-state index contributed by atoms with van der Waals surface area (Å²) in [5.74, 6) is -0.925. The van der Waals surface area contributed by atoms with E-state index in [-0.39, 0.29) is 5.56 Å². The summed E-state index contributed by atoms with van der Waals surface area (Å²) in [5, 5.41) is 8.99. The van der Waals surface area contributed by atoms with Crippen LogP contribution in [0.25, 0.3) is 5.69 Å². The summed E-state index contributed by atoms with van der Waals surface area (Å²) >= 11 is 0. The number of aromatic nitrogens is 1. The Bertz CT molecular complexity index is 906. The lowest BCUT2D eigenvalue weighted by Crippen LogP contribution is -2.00. The fourth-order valence-electron chi connectivity index (χ4n) is 2.45. The van der Waals surface area contributed by atoms with Crippen LogP contribution >= 0.6 is 0 Å². The number of nitrogens with zero attached hydrogens (tertiary/aromatic N) is 2. The van der Waals surface area contributed by atoms with E-state index in [1.807, 2.05) is 35.2 Å². The Kier molecular flexibility index (Phi) is 4.29. The maximum Gasteiger partial charge on any atom is 0.335 e. The molecule has 4 heteroatoms. The van der Waals surface area contributed by atoms with Crippen LogP contribution in [0.5, 0.6) is 0 Å². The molecule has 1 aromatic heterocycles. The molecule has 1 N–H and O–H groups in total. The molecular formula is C20H18N2O2. The third-order valence-corrected chi connectivity index (χ3v) is 4.01. The summed E-state index contributed by atoms with van der Waals surface area (Å²) in [4.78, 5) is 15.5. The maximum absolute atomic E-state index is 10.9. The molecular weight excluding hydrogens is 300 g/mol. The Balaban J connectivity index is 1.88. The molecule has 0 unspecified atom stereocenters. The van der Waals surface area contributed by atoms with Gasteiger partial charge >= 0.3 is 5.97 Å². The van der Waals surface area contributed by atoms with Gasteiger partial charge in [-0.05, 0) is 73.5 Å². The van der Waals surface area contributed by atoms with Crippen molar-refractivity contribution in [2.45, 2.75) is 13.8 Å². The molecule has 1 heterocycles. The third-order valence-electron chi connectivity index (χ3n) is 4.01. The average molecular weight is 318 g/mol. The monoisotopic (exact) mass is 318 g/mol. The molecule has 0 saturated carbocycles. The molecule has 4 nitrogen and oxygen atoms in total. The molecule has 0 radical (unpaired) electrons. The molecule has 0 spiro atoms. The third kappa shape index (κ3) is 3.27. The van der Waals surface area contributed by atoms with Crippen LogP contribution in [0.4, 0.5) is 5.69 Å². The minimum Gasteiger partial charge on any atom is -0.478 e. The second-order valence-electron chi connectivity index (χ2n) is 5.68. The second-order valence-corrected chi connectivity index (χ2v) is 5.68. The van der Waals surface area contributed by atoms with E-state index in [2.05, 4.69) is 31.0 Å². The molecule has 0 bridgehead atoms. The van der Waals surface area contributed by atoms with Gasteiger partial charge in [0.15, 0.2) is 0 Å². The van der Waals surface area contributed by atoms with E-state index >= 15 is 0 Å². The highest BCUT2D eigenvalue weighted by molar-refractivity contribution is 5.88. The number of aryl methyl sites for hydroxylation is 2. The van der Waals surface area contributed by atoms with Crippen LogP contribution in [-0.4, -0.2) is 21.9 Å². The molecule has 2 aromatic carbocycles. The van der Waals surface area contributed by atoms with Crippen molar-refractivity contribution in [2.75, 3.05) is 0 Å². The topological polar surface area (TPSA) is 54.6 Å². The van der Waals surface area contributed by atoms with Gasteiger partial charge in [-0.3, -0.25) is 4.99 Å². The van der Waals surface area contributed by atoms with Crippen molar-refractivity contribution in [3.63, 3.8) is 0 Å². The van der Waals surface area contributed by atoms with E-state index < -0.39 is 5.97 Å². The number of benzene rings is 2. The molecule has 120 valence electrons. The largest absolute Gasteiger partial charge is 0.478 e. The highest BCUT2D eigenvalue weighted by atomic mass is 16.4. The van der Waals surface area contributed by atoms with E-state index in [9.17, 15) is 4.79 Å². The molecule has 24 heavy (non-hydrogen) atoms. The first-order valence-corrected chi connectivity index (χ1v) is 7.67. The summed E-state index contributed by atoms with van der Waals surface area (Å²) in [6.45, 7) is 4.15. The highest BCUT2D eigenvalue weighted by Gasteiger charge is 2.05. The first-order valence-electron chi connectivity index (χ1n) is 7.67. The standard InChI is InChI=1S/C20H18N2O2/c1-14-5-8-17(12-15(14)2)21-13-19-4-3-11-22(19)18-9-6-16(7-10-18)20(23)24/h3-13H,1-2H3,(H,23,24). The van der Waals surface area contributed by atoms with Crippen molar-refractivity contribution in [3.8, 4) is 5.69 Å². The van der Waals surface area contributed by atoms with Gasteiger partial charge in [0.1, 0.15) is 0 Å². The Morgan fingerprint density at radius 3 is 2.46 bits per heavy atom. The fourth-order valence-corrected chi connectivity index (χ4v) is 2.45. The number of carboxylic acid groups (broad SMARTS) is 1. The van der Waals surface area contributed by atoms with Crippen molar-refractivity contribution >= 4 is 17.9 Å². The molecule has 0 fully saturated rings. The number of aliphatic imine (C=N–C) groups is 1. The second kappa shape index (κ2) is 6.54. The van der Waals surface area contributed by atoms with Crippen LogP contribution in [-0.2, 0) is 0 Å². The van der Waals surface area contributed by atoms with Gasteiger partial charge in [-0.2, -0.15) is 0 Å². The molecule has 3 rings (SSSR count). The number of hydrogen-bond acceptors (Lipinski definition) is 2. The predicted octanol–water partition coefficient (Wildman–Crippen LogP) is 4.54. The quantitative estimate of drug-likeness (QED) is 0.718. The van der Waals surface area contributed by atoms with Gasteiger partial charge in [-0.1, -0.05) is 6.07 Å². The fraction of sp³-hybridized carbons (Fsp3) is 0.100. The Morgan fingerprint density at radius 2 is 1.79 bits per heavy atom. The maximum atomic E-state index is 10.9. The van der Waals surface area contributed by atoms with Crippen molar-refractivity contribution in [2.24, 2.45) is 4.99 Å². The molecule has 0 aliphatic heterocycles. The van der Waals surface area contributed by atoms with E-state index in [1.165, 1.54) is 11.1 Å². The van der Waals surface area contributed by atoms with Gasteiger partial charge < -0.3 is 9.67 Å². The molecule has 0 saturated heterocycles. The number of carbonyl (C=O) groups is 1. The van der Waals surface area contributed by atoms with Crippen LogP contribution in [0, 0.1) is 13.8 Å². The van der Waals surface area contributed by atoms with Crippen LogP contribution in [0.3, 0.4) is 0 Å². The summed E-state index contributed by atoms with van der Waals surface area (Å²) in [6.07, 6.45) is 3.74. The average Bonchev–Trinajstić information content (AvgIpc) is 3.04. The number of rotatable bonds is 4. The van der Waals surface area contributed by atoms with Crippen LogP contribution in [0.2, 0.25) is 0 Å². The Morgan fingerprint density at radius 1 is 1.04 bits per heavy atom. The zero-order valence-electron chi connectivity index (χ0n) is 13.6. The summed E-state index contributed by atoms with van der Waals surface area (Å²) < 4.78 is 1.97. The van der Waals surface area contributed by atoms with Gasteiger partial charge in [0.25, 0.3) is 0 Å². The lowest BCUT2D eigenvalue weighted by molar-refractivity contribution is 0.0697. The van der Waals surface area contributed by atoms with Gasteiger partial charge in [0.2, 0.25) is 0 Å². The number of aromatic carboxylic acids is 1. The summed E-state index contributed by atoms with van der Waals surface area (Å²) in [7, 11) is 0. The van der Waals surface area contributed by atoms with Crippen molar-refractivity contribution < 1.29 is 9.90 Å². The molecule has 3 aromatic rings. The molecule has 0 aliphatic carbocycles. The SMILES string of the molecule is Cc1ccc(N=Cc2cccn2-c2ccc(C(=O)O)cc2)cc1C. The van der Waals surface area contributed by atoms with Crippen LogP contribution < -0.4 is 0 Å². The number of carboxylic acids is 1. The van der Waals surface area contributed by atoms with Crippen molar-refractivity contribution in [1.29, 1.82) is 0 Å². The van der Waals surface area contributed by atoms with Crippen LogP contribution in [0.15, 0.2) is 65.8 Å². The van der Waals surface area contributed by atoms with Crippen molar-refractivity contribution in [1.82, 2.24) is 4.57 Å². The van der Waals surface area contributed by atoms with Gasteiger partial charge in [-0.25, -0.2) is 4.79 Å². The zero-order chi connectivity index (χ0) is 17.1. The Hall–Kier alpha value is -3.14. The highest BCUT2D eigenvalue weighted by Crippen LogP contribution is 2.18. The summed E-state index contributed by atoms with van der Waals surface area (Å²) in [6, 6.07) is 16.8. The van der Waals surface area contributed by atoms with E-state index in [0.717, 1.165) is 17.1 Å². The van der Waals surface area contributed by atoms with Gasteiger partial charge in [-0.15, -0.1) is 0 Å². The smallest absolute Gasteiger partial charge is 0.335 e. The van der Waals surface area contributed by atoms with Gasteiger partial charge in [0, 0.05) is 11.9 Å².